The molecule has 98 valence electrons. The molecular weight excluding hydrogens is 228 g/mol. The van der Waals surface area contributed by atoms with Crippen LogP contribution >= 0.6 is 0 Å². The summed E-state index contributed by atoms with van der Waals surface area (Å²) in [5.41, 5.74) is 6.99. The Morgan fingerprint density at radius 1 is 1.56 bits per heavy atom. The van der Waals surface area contributed by atoms with E-state index in [9.17, 15) is 0 Å². The first-order valence-corrected chi connectivity index (χ1v) is 6.40. The number of aliphatic hydroxyl groups excluding tert-OH is 1. The molecule has 1 fully saturated rings. The minimum atomic E-state index is -0.000183. The van der Waals surface area contributed by atoms with Crippen LogP contribution in [-0.4, -0.2) is 35.1 Å². The van der Waals surface area contributed by atoms with Crippen LogP contribution in [0.3, 0.4) is 0 Å². The first-order chi connectivity index (χ1) is 8.72. The normalized spacial score (nSPS) is 19.2. The lowest BCUT2D eigenvalue weighted by molar-refractivity contribution is 0.279. The fourth-order valence-corrected chi connectivity index (χ4v) is 2.52. The summed E-state index contributed by atoms with van der Waals surface area (Å²) < 4.78 is 0. The number of pyridine rings is 1. The number of nitrogen functional groups attached to an aromatic ring is 1. The van der Waals surface area contributed by atoms with E-state index >= 15 is 0 Å². The van der Waals surface area contributed by atoms with E-state index in [4.69, 9.17) is 16.2 Å². The molecule has 1 aromatic rings. The van der Waals surface area contributed by atoms with Gasteiger partial charge in [0.1, 0.15) is 11.5 Å². The highest BCUT2D eigenvalue weighted by molar-refractivity contribution is 5.93. The van der Waals surface area contributed by atoms with Gasteiger partial charge in [0.2, 0.25) is 0 Å². The van der Waals surface area contributed by atoms with Gasteiger partial charge in [-0.25, -0.2) is 0 Å². The van der Waals surface area contributed by atoms with Gasteiger partial charge in [0.15, 0.2) is 0 Å². The number of nitrogens with one attached hydrogen (secondary N) is 1. The van der Waals surface area contributed by atoms with Crippen molar-refractivity contribution in [2.75, 3.05) is 18.1 Å². The lowest BCUT2D eigenvalue weighted by Gasteiger charge is -2.26. The van der Waals surface area contributed by atoms with E-state index in [1.54, 1.807) is 12.3 Å². The van der Waals surface area contributed by atoms with Crippen molar-refractivity contribution in [3.8, 4) is 0 Å². The highest BCUT2D eigenvalue weighted by atomic mass is 16.2. The Hall–Kier alpha value is -1.62. The van der Waals surface area contributed by atoms with Crippen LogP contribution in [0, 0.1) is 5.41 Å². The average molecular weight is 248 g/mol. The molecule has 1 aliphatic rings. The van der Waals surface area contributed by atoms with Crippen LogP contribution < -0.4 is 10.6 Å². The van der Waals surface area contributed by atoms with Crippen molar-refractivity contribution in [1.29, 1.82) is 5.41 Å². The second-order valence-electron chi connectivity index (χ2n) is 4.67. The second kappa shape index (κ2) is 5.82. The molecule has 1 aromatic heterocycles. The first kappa shape index (κ1) is 12.8. The van der Waals surface area contributed by atoms with Crippen LogP contribution in [0.4, 0.5) is 5.69 Å². The van der Waals surface area contributed by atoms with Gasteiger partial charge < -0.3 is 15.7 Å². The average Bonchev–Trinajstić information content (AvgIpc) is 2.84. The molecule has 0 amide bonds. The molecule has 0 bridgehead atoms. The van der Waals surface area contributed by atoms with Crippen LogP contribution in [0.1, 0.15) is 31.4 Å². The van der Waals surface area contributed by atoms with E-state index in [-0.39, 0.29) is 12.4 Å². The van der Waals surface area contributed by atoms with Gasteiger partial charge in [-0.15, -0.1) is 0 Å². The number of hydrogen-bond acceptors (Lipinski definition) is 4. The van der Waals surface area contributed by atoms with Gasteiger partial charge in [-0.2, -0.15) is 0 Å². The zero-order chi connectivity index (χ0) is 13.0. The lowest BCUT2D eigenvalue weighted by Crippen LogP contribution is -2.29. The Bertz CT molecular complexity index is 404. The highest BCUT2D eigenvalue weighted by Gasteiger charge is 2.24. The highest BCUT2D eigenvalue weighted by Crippen LogP contribution is 2.27. The van der Waals surface area contributed by atoms with Crippen LogP contribution in [0.25, 0.3) is 0 Å². The van der Waals surface area contributed by atoms with Gasteiger partial charge in [-0.1, -0.05) is 0 Å². The zero-order valence-corrected chi connectivity index (χ0v) is 10.5. The summed E-state index contributed by atoms with van der Waals surface area (Å²) in [5.74, 6) is -0.000183. The van der Waals surface area contributed by atoms with Crippen LogP contribution in [-0.2, 0) is 0 Å². The summed E-state index contributed by atoms with van der Waals surface area (Å²) in [6.07, 6.45) is 6.01. The molecule has 1 unspecified atom stereocenters. The van der Waals surface area contributed by atoms with Gasteiger partial charge in [0.05, 0.1) is 11.9 Å². The fourth-order valence-electron chi connectivity index (χ4n) is 2.52. The quantitative estimate of drug-likeness (QED) is 0.538. The SMILES string of the molecule is N=C(N)c1ccc(N2CCCC2CCCO)cn1. The Kier molecular flexibility index (Phi) is 4.15. The number of nitrogens with zero attached hydrogens (tertiary/aromatic N) is 2. The molecule has 0 aliphatic carbocycles. The molecule has 0 saturated carbocycles. The lowest BCUT2D eigenvalue weighted by atomic mass is 10.1. The van der Waals surface area contributed by atoms with E-state index in [0.29, 0.717) is 11.7 Å². The van der Waals surface area contributed by atoms with Crippen LogP contribution in [0.5, 0.6) is 0 Å². The summed E-state index contributed by atoms with van der Waals surface area (Å²) in [4.78, 5) is 6.54. The first-order valence-electron chi connectivity index (χ1n) is 6.40. The molecular formula is C13H20N4O. The van der Waals surface area contributed by atoms with E-state index in [2.05, 4.69) is 9.88 Å². The zero-order valence-electron chi connectivity index (χ0n) is 10.5. The molecule has 0 spiro atoms. The molecule has 0 aromatic carbocycles. The summed E-state index contributed by atoms with van der Waals surface area (Å²) in [6, 6.07) is 4.27. The number of rotatable bonds is 5. The molecule has 5 heteroatoms. The number of aromatic nitrogens is 1. The largest absolute Gasteiger partial charge is 0.396 e. The third-order valence-electron chi connectivity index (χ3n) is 3.43. The third-order valence-corrected chi connectivity index (χ3v) is 3.43. The van der Waals surface area contributed by atoms with Crippen molar-refractivity contribution < 1.29 is 5.11 Å². The van der Waals surface area contributed by atoms with Crippen molar-refractivity contribution in [2.45, 2.75) is 31.7 Å². The maximum atomic E-state index is 8.91. The Labute approximate surface area is 107 Å². The maximum Gasteiger partial charge on any atom is 0.141 e. The Morgan fingerprint density at radius 2 is 2.39 bits per heavy atom. The standard InChI is InChI=1S/C13H20N4O/c14-13(15)12-6-5-11(9-16-12)17-7-1-3-10(17)4-2-8-18/h5-6,9-10,18H,1-4,7-8H2,(H3,14,15). The Morgan fingerprint density at radius 3 is 3.00 bits per heavy atom. The summed E-state index contributed by atoms with van der Waals surface area (Å²) in [7, 11) is 0. The van der Waals surface area contributed by atoms with Crippen molar-refractivity contribution >= 4 is 11.5 Å². The fraction of sp³-hybridized carbons (Fsp3) is 0.538. The van der Waals surface area contributed by atoms with Crippen LogP contribution in [0.15, 0.2) is 18.3 Å². The van der Waals surface area contributed by atoms with E-state index in [1.165, 1.54) is 12.8 Å². The number of anilines is 1. The number of aliphatic hydroxyl groups is 1. The number of amidine groups is 1. The second-order valence-corrected chi connectivity index (χ2v) is 4.67. The van der Waals surface area contributed by atoms with Crippen molar-refractivity contribution in [3.05, 3.63) is 24.0 Å². The third kappa shape index (κ3) is 2.79. The molecule has 1 atom stereocenters. The monoisotopic (exact) mass is 248 g/mol. The van der Waals surface area contributed by atoms with Gasteiger partial charge in [-0.3, -0.25) is 10.4 Å². The van der Waals surface area contributed by atoms with Crippen molar-refractivity contribution in [1.82, 2.24) is 4.98 Å². The summed E-state index contributed by atoms with van der Waals surface area (Å²) >= 11 is 0. The topological polar surface area (TPSA) is 86.2 Å². The van der Waals surface area contributed by atoms with E-state index in [1.807, 2.05) is 6.07 Å². The predicted octanol–water partition coefficient (Wildman–Crippen LogP) is 1.11. The summed E-state index contributed by atoms with van der Waals surface area (Å²) in [5, 5.41) is 16.2. The minimum Gasteiger partial charge on any atom is -0.396 e. The molecule has 18 heavy (non-hydrogen) atoms. The van der Waals surface area contributed by atoms with Gasteiger partial charge >= 0.3 is 0 Å². The molecule has 5 nitrogen and oxygen atoms in total. The van der Waals surface area contributed by atoms with Crippen molar-refractivity contribution in [3.63, 3.8) is 0 Å². The number of hydrogen-bond donors (Lipinski definition) is 3. The molecule has 1 saturated heterocycles. The van der Waals surface area contributed by atoms with Gasteiger partial charge in [0, 0.05) is 19.2 Å². The molecule has 2 heterocycles. The van der Waals surface area contributed by atoms with Gasteiger partial charge in [0.25, 0.3) is 0 Å². The van der Waals surface area contributed by atoms with Crippen LogP contribution in [0.2, 0.25) is 0 Å². The minimum absolute atomic E-state index is 0.000183. The predicted molar refractivity (Wildman–Crippen MR) is 71.9 cm³/mol. The molecule has 4 N–H and O–H groups in total. The summed E-state index contributed by atoms with van der Waals surface area (Å²) in [6.45, 7) is 1.29. The smallest absolute Gasteiger partial charge is 0.141 e. The molecule has 2 rings (SSSR count). The van der Waals surface area contributed by atoms with Crippen molar-refractivity contribution in [2.24, 2.45) is 5.73 Å². The number of nitrogens with two attached hydrogens (primary N) is 1. The van der Waals surface area contributed by atoms with E-state index < -0.39 is 0 Å². The molecule has 1 aliphatic heterocycles. The van der Waals surface area contributed by atoms with E-state index in [0.717, 1.165) is 25.1 Å². The maximum absolute atomic E-state index is 8.91. The Balaban J connectivity index is 2.07. The van der Waals surface area contributed by atoms with Gasteiger partial charge in [-0.05, 0) is 37.8 Å². The molecule has 0 radical (unpaired) electrons.